The smallest absolute Gasteiger partial charge is 0.123 e. The summed E-state index contributed by atoms with van der Waals surface area (Å²) in [5, 5.41) is 13.4. The van der Waals surface area contributed by atoms with Crippen molar-refractivity contribution in [2.45, 2.75) is 26.4 Å². The number of phenolic OH excluding ortho intramolecular Hbond substituents is 1. The Balaban J connectivity index is 2.09. The molecule has 0 aliphatic heterocycles. The van der Waals surface area contributed by atoms with Crippen LogP contribution < -0.4 is 10.1 Å². The Hall–Kier alpha value is -2.00. The number of benzene rings is 2. The number of aromatic hydroxyl groups is 1. The number of para-hydroxylation sites is 2. The quantitative estimate of drug-likeness (QED) is 0.873. The molecule has 0 radical (unpaired) electrons. The van der Waals surface area contributed by atoms with E-state index < -0.39 is 0 Å². The molecular weight excluding hydrogens is 250 g/mol. The van der Waals surface area contributed by atoms with Crippen LogP contribution in [0.2, 0.25) is 0 Å². The lowest BCUT2D eigenvalue weighted by molar-refractivity contribution is 0.400. The molecule has 0 saturated heterocycles. The van der Waals surface area contributed by atoms with Crippen molar-refractivity contribution < 1.29 is 9.84 Å². The molecule has 0 spiro atoms. The maximum atomic E-state index is 10.0. The highest BCUT2D eigenvalue weighted by molar-refractivity contribution is 5.40. The Morgan fingerprint density at radius 3 is 2.65 bits per heavy atom. The normalized spacial score (nSPS) is 12.2. The second-order valence-corrected chi connectivity index (χ2v) is 4.93. The number of phenols is 1. The Labute approximate surface area is 120 Å². The van der Waals surface area contributed by atoms with E-state index in [1.807, 2.05) is 49.4 Å². The molecule has 0 bridgehead atoms. The van der Waals surface area contributed by atoms with Crippen molar-refractivity contribution in [2.75, 3.05) is 7.11 Å². The Morgan fingerprint density at radius 1 is 1.15 bits per heavy atom. The number of ether oxygens (including phenoxy) is 1. The van der Waals surface area contributed by atoms with Gasteiger partial charge in [-0.05, 0) is 25.5 Å². The number of aryl methyl sites for hydroxylation is 1. The van der Waals surface area contributed by atoms with E-state index in [-0.39, 0.29) is 6.04 Å². The summed E-state index contributed by atoms with van der Waals surface area (Å²) in [4.78, 5) is 0. The number of rotatable bonds is 5. The van der Waals surface area contributed by atoms with E-state index in [1.54, 1.807) is 7.11 Å². The molecule has 2 rings (SSSR count). The van der Waals surface area contributed by atoms with E-state index in [2.05, 4.69) is 12.2 Å². The number of methoxy groups -OCH3 is 1. The molecular formula is C17H21NO2. The molecule has 0 fully saturated rings. The number of hydrogen-bond acceptors (Lipinski definition) is 3. The minimum absolute atomic E-state index is 0.145. The highest BCUT2D eigenvalue weighted by Crippen LogP contribution is 2.26. The lowest BCUT2D eigenvalue weighted by Crippen LogP contribution is -2.18. The maximum absolute atomic E-state index is 10.0. The van der Waals surface area contributed by atoms with Gasteiger partial charge >= 0.3 is 0 Å². The summed E-state index contributed by atoms with van der Waals surface area (Å²) >= 11 is 0. The predicted octanol–water partition coefficient (Wildman–Crippen LogP) is 3.56. The monoisotopic (exact) mass is 271 g/mol. The molecule has 0 aliphatic rings. The topological polar surface area (TPSA) is 41.5 Å². The first-order chi connectivity index (χ1) is 9.63. The van der Waals surface area contributed by atoms with Gasteiger partial charge in [-0.1, -0.05) is 36.4 Å². The van der Waals surface area contributed by atoms with Crippen LogP contribution in [0.3, 0.4) is 0 Å². The Kier molecular flexibility index (Phi) is 4.64. The molecule has 2 N–H and O–H groups in total. The third kappa shape index (κ3) is 3.11. The van der Waals surface area contributed by atoms with Gasteiger partial charge in [0.2, 0.25) is 0 Å². The van der Waals surface area contributed by atoms with E-state index in [1.165, 1.54) is 0 Å². The van der Waals surface area contributed by atoms with Gasteiger partial charge in [-0.3, -0.25) is 0 Å². The van der Waals surface area contributed by atoms with Crippen LogP contribution in [0.25, 0.3) is 0 Å². The van der Waals surface area contributed by atoms with Crippen molar-refractivity contribution in [1.29, 1.82) is 0 Å². The Bertz CT molecular complexity index is 581. The van der Waals surface area contributed by atoms with Crippen molar-refractivity contribution in [3.8, 4) is 11.5 Å². The van der Waals surface area contributed by atoms with Crippen LogP contribution in [0.1, 0.15) is 29.7 Å². The van der Waals surface area contributed by atoms with Crippen LogP contribution in [0.15, 0.2) is 42.5 Å². The first kappa shape index (κ1) is 14.4. The fourth-order valence-electron chi connectivity index (χ4n) is 2.26. The molecule has 0 aliphatic carbocycles. The van der Waals surface area contributed by atoms with Crippen LogP contribution >= 0.6 is 0 Å². The maximum Gasteiger partial charge on any atom is 0.123 e. The summed E-state index contributed by atoms with van der Waals surface area (Å²) in [6.07, 6.45) is 0. The minimum atomic E-state index is 0.145. The molecule has 2 aromatic carbocycles. The molecule has 0 heterocycles. The van der Waals surface area contributed by atoms with Crippen LogP contribution in [0.4, 0.5) is 0 Å². The van der Waals surface area contributed by atoms with Crippen molar-refractivity contribution in [3.05, 3.63) is 59.2 Å². The Morgan fingerprint density at radius 2 is 1.90 bits per heavy atom. The second kappa shape index (κ2) is 6.44. The van der Waals surface area contributed by atoms with Gasteiger partial charge in [-0.25, -0.2) is 0 Å². The predicted molar refractivity (Wildman–Crippen MR) is 81.1 cm³/mol. The van der Waals surface area contributed by atoms with Gasteiger partial charge in [0.05, 0.1) is 7.11 Å². The SMILES string of the molecule is COc1ccccc1[C@H](C)NCc1cccc(C)c1O. The molecule has 0 unspecified atom stereocenters. The van der Waals surface area contributed by atoms with Crippen molar-refractivity contribution >= 4 is 0 Å². The highest BCUT2D eigenvalue weighted by Gasteiger charge is 2.11. The van der Waals surface area contributed by atoms with Crippen LogP contribution in [-0.2, 0) is 6.54 Å². The fourth-order valence-corrected chi connectivity index (χ4v) is 2.26. The van der Waals surface area contributed by atoms with Gasteiger partial charge < -0.3 is 15.2 Å². The van der Waals surface area contributed by atoms with E-state index in [0.29, 0.717) is 12.3 Å². The number of nitrogens with one attached hydrogen (secondary N) is 1. The first-order valence-corrected chi connectivity index (χ1v) is 6.77. The third-order valence-electron chi connectivity index (χ3n) is 3.53. The van der Waals surface area contributed by atoms with Gasteiger partial charge in [0.15, 0.2) is 0 Å². The standard InChI is InChI=1S/C17H21NO2/c1-12-7-6-8-14(17(12)19)11-18-13(2)15-9-4-5-10-16(15)20-3/h4-10,13,18-19H,11H2,1-3H3/t13-/m0/s1. The fraction of sp³-hybridized carbons (Fsp3) is 0.294. The van der Waals surface area contributed by atoms with E-state index in [0.717, 1.165) is 22.4 Å². The van der Waals surface area contributed by atoms with E-state index >= 15 is 0 Å². The van der Waals surface area contributed by atoms with Gasteiger partial charge in [-0.2, -0.15) is 0 Å². The minimum Gasteiger partial charge on any atom is -0.507 e. The van der Waals surface area contributed by atoms with Gasteiger partial charge in [0, 0.05) is 23.7 Å². The number of hydrogen-bond donors (Lipinski definition) is 2. The summed E-state index contributed by atoms with van der Waals surface area (Å²) < 4.78 is 5.37. The molecule has 2 aromatic rings. The van der Waals surface area contributed by atoms with E-state index in [9.17, 15) is 5.11 Å². The molecule has 106 valence electrons. The lowest BCUT2D eigenvalue weighted by Gasteiger charge is -2.18. The molecule has 0 aromatic heterocycles. The average molecular weight is 271 g/mol. The first-order valence-electron chi connectivity index (χ1n) is 6.77. The third-order valence-corrected chi connectivity index (χ3v) is 3.53. The molecule has 0 saturated carbocycles. The van der Waals surface area contributed by atoms with Crippen molar-refractivity contribution in [1.82, 2.24) is 5.32 Å². The van der Waals surface area contributed by atoms with Crippen LogP contribution in [-0.4, -0.2) is 12.2 Å². The van der Waals surface area contributed by atoms with Crippen molar-refractivity contribution in [3.63, 3.8) is 0 Å². The molecule has 1 atom stereocenters. The van der Waals surface area contributed by atoms with E-state index in [4.69, 9.17) is 4.74 Å². The average Bonchev–Trinajstić information content (AvgIpc) is 2.48. The van der Waals surface area contributed by atoms with Gasteiger partial charge in [-0.15, -0.1) is 0 Å². The zero-order valence-electron chi connectivity index (χ0n) is 12.2. The second-order valence-electron chi connectivity index (χ2n) is 4.93. The highest BCUT2D eigenvalue weighted by atomic mass is 16.5. The zero-order chi connectivity index (χ0) is 14.5. The largest absolute Gasteiger partial charge is 0.507 e. The van der Waals surface area contributed by atoms with Crippen LogP contribution in [0.5, 0.6) is 11.5 Å². The summed E-state index contributed by atoms with van der Waals surface area (Å²) in [6.45, 7) is 4.61. The molecule has 20 heavy (non-hydrogen) atoms. The molecule has 3 nitrogen and oxygen atoms in total. The van der Waals surface area contributed by atoms with Crippen molar-refractivity contribution in [2.24, 2.45) is 0 Å². The lowest BCUT2D eigenvalue weighted by atomic mass is 10.1. The summed E-state index contributed by atoms with van der Waals surface area (Å²) in [6, 6.07) is 13.9. The zero-order valence-corrected chi connectivity index (χ0v) is 12.2. The van der Waals surface area contributed by atoms with Crippen LogP contribution in [0, 0.1) is 6.92 Å². The summed E-state index contributed by atoms with van der Waals surface area (Å²) in [5.41, 5.74) is 2.92. The summed E-state index contributed by atoms with van der Waals surface area (Å²) in [7, 11) is 1.68. The van der Waals surface area contributed by atoms with Gasteiger partial charge in [0.1, 0.15) is 11.5 Å². The molecule has 3 heteroatoms. The van der Waals surface area contributed by atoms with Gasteiger partial charge in [0.25, 0.3) is 0 Å². The molecule has 0 amide bonds. The summed E-state index contributed by atoms with van der Waals surface area (Å²) in [5.74, 6) is 1.24.